The highest BCUT2D eigenvalue weighted by Gasteiger charge is 2.29. The number of carbonyl (C=O) groups excluding carboxylic acids is 2. The molecule has 2 aliphatic rings. The van der Waals surface area contributed by atoms with Crippen LogP contribution in [0.4, 0.5) is 4.79 Å². The fraction of sp³-hybridized carbons (Fsp3) is 0.440. The maximum atomic E-state index is 13.2. The van der Waals surface area contributed by atoms with Gasteiger partial charge in [-0.05, 0) is 29.9 Å². The Morgan fingerprint density at radius 3 is 2.13 bits per heavy atom. The minimum Gasteiger partial charge on any atom is -0.378 e. The second-order valence-corrected chi connectivity index (χ2v) is 8.26. The van der Waals surface area contributed by atoms with E-state index in [0.717, 1.165) is 31.5 Å². The van der Waals surface area contributed by atoms with Crippen molar-refractivity contribution in [2.45, 2.75) is 24.7 Å². The standard InChI is InChI=1S/C25H31N3O3/c29-24(27-15-17-31-18-16-27)23(22-9-5-2-6-10-22)19-26-25(30)28-13-11-21(12-14-28)20-7-3-1-4-8-20/h1-10,21,23H,11-19H2,(H,26,30). The van der Waals surface area contributed by atoms with Crippen molar-refractivity contribution in [3.63, 3.8) is 0 Å². The molecule has 2 heterocycles. The summed E-state index contributed by atoms with van der Waals surface area (Å²) < 4.78 is 5.38. The number of nitrogens with one attached hydrogen (secondary N) is 1. The number of likely N-dealkylation sites (tertiary alicyclic amines) is 1. The molecule has 4 rings (SSSR count). The third kappa shape index (κ3) is 5.44. The quantitative estimate of drug-likeness (QED) is 0.806. The summed E-state index contributed by atoms with van der Waals surface area (Å²) in [5.41, 5.74) is 2.28. The maximum Gasteiger partial charge on any atom is 0.317 e. The van der Waals surface area contributed by atoms with Crippen LogP contribution in [0.2, 0.25) is 0 Å². The van der Waals surface area contributed by atoms with Gasteiger partial charge in [0, 0.05) is 32.7 Å². The van der Waals surface area contributed by atoms with E-state index in [1.54, 1.807) is 0 Å². The topological polar surface area (TPSA) is 61.9 Å². The number of urea groups is 1. The molecule has 0 spiro atoms. The number of rotatable bonds is 5. The first kappa shape index (κ1) is 21.4. The Morgan fingerprint density at radius 1 is 0.871 bits per heavy atom. The van der Waals surface area contributed by atoms with Crippen LogP contribution in [-0.4, -0.2) is 67.7 Å². The molecule has 2 aliphatic heterocycles. The first-order valence-corrected chi connectivity index (χ1v) is 11.2. The number of benzene rings is 2. The molecule has 2 saturated heterocycles. The van der Waals surface area contributed by atoms with E-state index in [1.165, 1.54) is 5.56 Å². The average molecular weight is 422 g/mol. The summed E-state index contributed by atoms with van der Waals surface area (Å²) >= 11 is 0. The Morgan fingerprint density at radius 2 is 1.48 bits per heavy atom. The number of ether oxygens (including phenoxy) is 1. The van der Waals surface area contributed by atoms with E-state index >= 15 is 0 Å². The number of hydrogen-bond donors (Lipinski definition) is 1. The Hall–Kier alpha value is -2.86. The van der Waals surface area contributed by atoms with Gasteiger partial charge in [-0.2, -0.15) is 0 Å². The van der Waals surface area contributed by atoms with E-state index in [0.29, 0.717) is 38.8 Å². The molecule has 3 amide bonds. The lowest BCUT2D eigenvalue weighted by atomic mass is 9.89. The van der Waals surface area contributed by atoms with Gasteiger partial charge < -0.3 is 19.9 Å². The summed E-state index contributed by atoms with van der Waals surface area (Å²) in [7, 11) is 0. The summed E-state index contributed by atoms with van der Waals surface area (Å²) in [4.78, 5) is 29.8. The van der Waals surface area contributed by atoms with Crippen LogP contribution < -0.4 is 5.32 Å². The summed E-state index contributed by atoms with van der Waals surface area (Å²) in [5, 5.41) is 3.03. The highest BCUT2D eigenvalue weighted by atomic mass is 16.5. The van der Waals surface area contributed by atoms with Crippen LogP contribution in [-0.2, 0) is 9.53 Å². The lowest BCUT2D eigenvalue weighted by Gasteiger charge is -2.33. The first-order valence-electron chi connectivity index (χ1n) is 11.2. The number of piperidine rings is 1. The van der Waals surface area contributed by atoms with E-state index in [1.807, 2.05) is 46.2 Å². The van der Waals surface area contributed by atoms with Crippen molar-refractivity contribution in [3.8, 4) is 0 Å². The average Bonchev–Trinajstić information content (AvgIpc) is 2.86. The van der Waals surface area contributed by atoms with Crippen LogP contribution in [0, 0.1) is 0 Å². The molecule has 31 heavy (non-hydrogen) atoms. The number of hydrogen-bond acceptors (Lipinski definition) is 3. The molecule has 0 bridgehead atoms. The fourth-order valence-corrected chi connectivity index (χ4v) is 4.48. The van der Waals surface area contributed by atoms with Gasteiger partial charge >= 0.3 is 6.03 Å². The Labute approximate surface area is 184 Å². The van der Waals surface area contributed by atoms with Crippen LogP contribution in [0.15, 0.2) is 60.7 Å². The highest BCUT2D eigenvalue weighted by molar-refractivity contribution is 5.85. The van der Waals surface area contributed by atoms with Gasteiger partial charge in [-0.25, -0.2) is 4.79 Å². The summed E-state index contributed by atoms with van der Waals surface area (Å²) in [6.45, 7) is 4.10. The molecule has 6 nitrogen and oxygen atoms in total. The predicted molar refractivity (Wildman–Crippen MR) is 120 cm³/mol. The minimum absolute atomic E-state index is 0.0533. The fourth-order valence-electron chi connectivity index (χ4n) is 4.48. The van der Waals surface area contributed by atoms with Crippen molar-refractivity contribution in [2.24, 2.45) is 0 Å². The minimum atomic E-state index is -0.384. The second kappa shape index (κ2) is 10.4. The van der Waals surface area contributed by atoms with Crippen LogP contribution >= 0.6 is 0 Å². The molecule has 2 aromatic rings. The molecule has 2 aromatic carbocycles. The molecule has 164 valence electrons. The molecule has 1 N–H and O–H groups in total. The van der Waals surface area contributed by atoms with Gasteiger partial charge in [0.15, 0.2) is 0 Å². The predicted octanol–water partition coefficient (Wildman–Crippen LogP) is 3.22. The molecule has 0 saturated carbocycles. The Kier molecular flexibility index (Phi) is 7.20. The molecular formula is C25H31N3O3. The van der Waals surface area contributed by atoms with Crippen molar-refractivity contribution in [3.05, 3.63) is 71.8 Å². The van der Waals surface area contributed by atoms with Crippen molar-refractivity contribution >= 4 is 11.9 Å². The largest absolute Gasteiger partial charge is 0.378 e. The molecule has 0 aromatic heterocycles. The van der Waals surface area contributed by atoms with E-state index in [2.05, 4.69) is 29.6 Å². The summed E-state index contributed by atoms with van der Waals surface area (Å²) in [5.74, 6) is 0.174. The van der Waals surface area contributed by atoms with Gasteiger partial charge in [0.1, 0.15) is 0 Å². The molecular weight excluding hydrogens is 390 g/mol. The van der Waals surface area contributed by atoms with E-state index in [-0.39, 0.29) is 17.9 Å². The lowest BCUT2D eigenvalue weighted by molar-refractivity contribution is -0.136. The number of morpholine rings is 1. The molecule has 6 heteroatoms. The SMILES string of the molecule is O=C(NCC(C(=O)N1CCOCC1)c1ccccc1)N1CCC(c2ccccc2)CC1. The molecule has 1 atom stereocenters. The van der Waals surface area contributed by atoms with Gasteiger partial charge in [0.05, 0.1) is 19.1 Å². The first-order chi connectivity index (χ1) is 15.2. The van der Waals surface area contributed by atoms with Gasteiger partial charge in [-0.3, -0.25) is 4.79 Å². The molecule has 2 fully saturated rings. The Bertz CT molecular complexity index is 845. The van der Waals surface area contributed by atoms with Crippen LogP contribution in [0.3, 0.4) is 0 Å². The zero-order valence-corrected chi connectivity index (χ0v) is 17.9. The zero-order chi connectivity index (χ0) is 21.5. The lowest BCUT2D eigenvalue weighted by Crippen LogP contribution is -2.48. The van der Waals surface area contributed by atoms with Crippen LogP contribution in [0.1, 0.15) is 35.8 Å². The van der Waals surface area contributed by atoms with Crippen LogP contribution in [0.25, 0.3) is 0 Å². The van der Waals surface area contributed by atoms with E-state index in [9.17, 15) is 9.59 Å². The number of amides is 3. The van der Waals surface area contributed by atoms with Crippen molar-refractivity contribution in [1.29, 1.82) is 0 Å². The van der Waals surface area contributed by atoms with Crippen molar-refractivity contribution < 1.29 is 14.3 Å². The monoisotopic (exact) mass is 421 g/mol. The Balaban J connectivity index is 1.34. The zero-order valence-electron chi connectivity index (χ0n) is 17.9. The highest BCUT2D eigenvalue weighted by Crippen LogP contribution is 2.27. The third-order valence-corrected chi connectivity index (χ3v) is 6.33. The maximum absolute atomic E-state index is 13.2. The van der Waals surface area contributed by atoms with Crippen LogP contribution in [0.5, 0.6) is 0 Å². The third-order valence-electron chi connectivity index (χ3n) is 6.33. The normalized spacial score (nSPS) is 18.5. The number of nitrogens with zero attached hydrogens (tertiary/aromatic N) is 2. The molecule has 0 radical (unpaired) electrons. The molecule has 1 unspecified atom stereocenters. The van der Waals surface area contributed by atoms with Gasteiger partial charge in [-0.1, -0.05) is 60.7 Å². The summed E-state index contributed by atoms with van der Waals surface area (Å²) in [6, 6.07) is 20.2. The van der Waals surface area contributed by atoms with Crippen molar-refractivity contribution in [2.75, 3.05) is 45.9 Å². The molecule has 0 aliphatic carbocycles. The van der Waals surface area contributed by atoms with Gasteiger partial charge in [0.2, 0.25) is 5.91 Å². The second-order valence-electron chi connectivity index (χ2n) is 8.26. The van der Waals surface area contributed by atoms with Crippen molar-refractivity contribution in [1.82, 2.24) is 15.1 Å². The van der Waals surface area contributed by atoms with Gasteiger partial charge in [0.25, 0.3) is 0 Å². The smallest absolute Gasteiger partial charge is 0.317 e. The number of carbonyl (C=O) groups is 2. The van der Waals surface area contributed by atoms with Gasteiger partial charge in [-0.15, -0.1) is 0 Å². The van der Waals surface area contributed by atoms with E-state index in [4.69, 9.17) is 4.74 Å². The summed E-state index contributed by atoms with van der Waals surface area (Å²) in [6.07, 6.45) is 1.93. The van der Waals surface area contributed by atoms with E-state index < -0.39 is 0 Å².